The summed E-state index contributed by atoms with van der Waals surface area (Å²) in [4.78, 5) is 43.7. The minimum atomic E-state index is -0.807. The van der Waals surface area contributed by atoms with E-state index < -0.39 is 17.6 Å². The van der Waals surface area contributed by atoms with Crippen LogP contribution in [0.4, 0.5) is 0 Å². The molecule has 0 spiro atoms. The van der Waals surface area contributed by atoms with Gasteiger partial charge in [0.15, 0.2) is 5.78 Å². The number of esters is 1. The summed E-state index contributed by atoms with van der Waals surface area (Å²) < 4.78 is 19.6. The van der Waals surface area contributed by atoms with Crippen molar-refractivity contribution in [3.63, 3.8) is 0 Å². The van der Waals surface area contributed by atoms with E-state index in [9.17, 15) is 14.4 Å². The molecule has 4 rings (SSSR count). The number of carbonyl (C=O) groups excluding carboxylic acids is 2. The predicted octanol–water partition coefficient (Wildman–Crippen LogP) is 5.71. The van der Waals surface area contributed by atoms with Crippen molar-refractivity contribution in [3.05, 3.63) is 100.0 Å². The summed E-state index contributed by atoms with van der Waals surface area (Å²) in [5, 5.41) is 0.492. The molecule has 0 N–H and O–H groups in total. The third-order valence-corrected chi connectivity index (χ3v) is 6.80. The van der Waals surface area contributed by atoms with E-state index in [0.29, 0.717) is 33.0 Å². The summed E-state index contributed by atoms with van der Waals surface area (Å²) in [6.07, 6.45) is 6.99. The van der Waals surface area contributed by atoms with Gasteiger partial charge < -0.3 is 23.3 Å². The molecule has 0 aliphatic rings. The standard InChI is InChI=1S/C32H34ClN3O6/c1-32(2,3)42-31(39)22-8-6-21(7-9-22)16-28(37)27(12-15-40-4)36-19-29(41-5)25(18-30(36)38)24-17-23(33)10-11-26(24)35-14-13-34-20-35/h6-11,13-14,17-20,27H,12,15-16H2,1-5H3. The van der Waals surface area contributed by atoms with Crippen LogP contribution in [0.15, 0.2) is 78.2 Å². The molecule has 10 heteroatoms. The molecule has 0 radical (unpaired) electrons. The van der Waals surface area contributed by atoms with Crippen molar-refractivity contribution < 1.29 is 23.8 Å². The van der Waals surface area contributed by atoms with Gasteiger partial charge in [-0.05, 0) is 63.1 Å². The van der Waals surface area contributed by atoms with Crippen LogP contribution in [0.5, 0.6) is 5.75 Å². The van der Waals surface area contributed by atoms with Gasteiger partial charge in [-0.1, -0.05) is 23.7 Å². The van der Waals surface area contributed by atoms with Crippen molar-refractivity contribution in [1.82, 2.24) is 14.1 Å². The molecule has 1 atom stereocenters. The number of hydrogen-bond donors (Lipinski definition) is 0. The summed E-state index contributed by atoms with van der Waals surface area (Å²) in [6.45, 7) is 5.67. The summed E-state index contributed by atoms with van der Waals surface area (Å²) in [5.41, 5.74) is 2.07. The maximum Gasteiger partial charge on any atom is 0.338 e. The molecule has 220 valence electrons. The van der Waals surface area contributed by atoms with Crippen LogP contribution in [-0.4, -0.2) is 52.3 Å². The second kappa shape index (κ2) is 13.2. The Morgan fingerprint density at radius 3 is 2.38 bits per heavy atom. The summed E-state index contributed by atoms with van der Waals surface area (Å²) in [7, 11) is 3.05. The highest BCUT2D eigenvalue weighted by Gasteiger charge is 2.25. The normalized spacial score (nSPS) is 12.1. The SMILES string of the molecule is COCCC(C(=O)Cc1ccc(C(=O)OC(C)(C)C)cc1)n1cc(OC)c(-c2cc(Cl)ccc2-n2ccnc2)cc1=O. The molecular weight excluding hydrogens is 558 g/mol. The average Bonchev–Trinajstić information content (AvgIpc) is 3.48. The van der Waals surface area contributed by atoms with Crippen molar-refractivity contribution in [3.8, 4) is 22.6 Å². The average molecular weight is 592 g/mol. The Hall–Kier alpha value is -4.21. The number of ether oxygens (including phenoxy) is 3. The topological polar surface area (TPSA) is 102 Å². The van der Waals surface area contributed by atoms with Crippen LogP contribution in [0.2, 0.25) is 5.02 Å². The molecule has 4 aromatic rings. The first-order valence-electron chi connectivity index (χ1n) is 13.4. The Bertz CT molecular complexity index is 1600. The maximum atomic E-state index is 13.6. The van der Waals surface area contributed by atoms with Gasteiger partial charge in [-0.25, -0.2) is 9.78 Å². The number of rotatable bonds is 11. The highest BCUT2D eigenvalue weighted by molar-refractivity contribution is 6.31. The molecule has 0 saturated heterocycles. The Kier molecular flexibility index (Phi) is 9.65. The van der Waals surface area contributed by atoms with E-state index in [0.717, 1.165) is 5.69 Å². The zero-order valence-electron chi connectivity index (χ0n) is 24.3. The molecule has 2 aromatic heterocycles. The zero-order chi connectivity index (χ0) is 30.4. The second-order valence-electron chi connectivity index (χ2n) is 10.8. The molecule has 9 nitrogen and oxygen atoms in total. The van der Waals surface area contributed by atoms with Gasteiger partial charge in [0.05, 0.1) is 36.9 Å². The number of aromatic nitrogens is 3. The first-order chi connectivity index (χ1) is 20.0. The largest absolute Gasteiger partial charge is 0.495 e. The minimum absolute atomic E-state index is 0.0541. The molecule has 2 aromatic carbocycles. The van der Waals surface area contributed by atoms with Crippen LogP contribution >= 0.6 is 11.6 Å². The Labute approximate surface area is 249 Å². The highest BCUT2D eigenvalue weighted by Crippen LogP contribution is 2.35. The van der Waals surface area contributed by atoms with Gasteiger partial charge in [-0.15, -0.1) is 0 Å². The number of nitrogens with zero attached hydrogens (tertiary/aromatic N) is 3. The number of halogens is 1. The number of hydrogen-bond acceptors (Lipinski definition) is 7. The zero-order valence-corrected chi connectivity index (χ0v) is 25.1. The van der Waals surface area contributed by atoms with Gasteiger partial charge in [0, 0.05) is 54.7 Å². The van der Waals surface area contributed by atoms with Gasteiger partial charge in [0.2, 0.25) is 0 Å². The third-order valence-electron chi connectivity index (χ3n) is 6.57. The Balaban J connectivity index is 1.66. The fraction of sp³-hybridized carbons (Fsp3) is 0.312. The molecule has 0 aliphatic carbocycles. The fourth-order valence-corrected chi connectivity index (χ4v) is 4.77. The minimum Gasteiger partial charge on any atom is -0.495 e. The second-order valence-corrected chi connectivity index (χ2v) is 11.2. The lowest BCUT2D eigenvalue weighted by Gasteiger charge is -2.21. The van der Waals surface area contributed by atoms with Crippen LogP contribution in [0.25, 0.3) is 16.8 Å². The summed E-state index contributed by atoms with van der Waals surface area (Å²) in [5.74, 6) is -0.223. The molecular formula is C32H34ClN3O6. The van der Waals surface area contributed by atoms with Gasteiger partial charge in [0.1, 0.15) is 11.4 Å². The van der Waals surface area contributed by atoms with E-state index in [2.05, 4.69) is 4.98 Å². The third kappa shape index (κ3) is 7.35. The molecule has 1 unspecified atom stereocenters. The number of Topliss-reactive ketones (excluding diaryl/α,β-unsaturated/α-hetero) is 1. The smallest absolute Gasteiger partial charge is 0.338 e. The highest BCUT2D eigenvalue weighted by atomic mass is 35.5. The molecule has 42 heavy (non-hydrogen) atoms. The van der Waals surface area contributed by atoms with Gasteiger partial charge >= 0.3 is 5.97 Å². The number of benzene rings is 2. The van der Waals surface area contributed by atoms with Crippen molar-refractivity contribution in [2.45, 2.75) is 45.3 Å². The molecule has 0 saturated carbocycles. The predicted molar refractivity (Wildman–Crippen MR) is 161 cm³/mol. The Morgan fingerprint density at radius 1 is 1.02 bits per heavy atom. The molecule has 0 amide bonds. The van der Waals surface area contributed by atoms with Gasteiger partial charge in [0.25, 0.3) is 5.56 Å². The summed E-state index contributed by atoms with van der Waals surface area (Å²) in [6, 6.07) is 12.7. The van der Waals surface area contributed by atoms with Crippen molar-refractivity contribution in [2.24, 2.45) is 0 Å². The van der Waals surface area contributed by atoms with Crippen molar-refractivity contribution >= 4 is 23.4 Å². The van der Waals surface area contributed by atoms with E-state index in [1.165, 1.54) is 17.7 Å². The van der Waals surface area contributed by atoms with E-state index in [1.807, 2.05) is 10.6 Å². The number of pyridine rings is 1. The van der Waals surface area contributed by atoms with Gasteiger partial charge in [-0.2, -0.15) is 0 Å². The van der Waals surface area contributed by atoms with E-state index in [1.54, 1.807) is 89.2 Å². The van der Waals surface area contributed by atoms with Crippen LogP contribution in [0.1, 0.15) is 49.2 Å². The van der Waals surface area contributed by atoms with E-state index in [-0.39, 0.29) is 30.8 Å². The lowest BCUT2D eigenvalue weighted by molar-refractivity contribution is -0.122. The van der Waals surface area contributed by atoms with Crippen LogP contribution in [-0.2, 0) is 20.7 Å². The van der Waals surface area contributed by atoms with Crippen LogP contribution in [0, 0.1) is 0 Å². The molecule has 0 bridgehead atoms. The monoisotopic (exact) mass is 591 g/mol. The molecule has 2 heterocycles. The van der Waals surface area contributed by atoms with Crippen molar-refractivity contribution in [1.29, 1.82) is 0 Å². The van der Waals surface area contributed by atoms with Crippen LogP contribution < -0.4 is 10.3 Å². The quantitative estimate of drug-likeness (QED) is 0.206. The lowest BCUT2D eigenvalue weighted by Crippen LogP contribution is -2.31. The first kappa shape index (κ1) is 30.7. The number of carbonyl (C=O) groups is 2. The number of methoxy groups -OCH3 is 2. The van der Waals surface area contributed by atoms with Crippen LogP contribution in [0.3, 0.4) is 0 Å². The fourth-order valence-electron chi connectivity index (χ4n) is 4.60. The van der Waals surface area contributed by atoms with Gasteiger partial charge in [-0.3, -0.25) is 9.59 Å². The summed E-state index contributed by atoms with van der Waals surface area (Å²) >= 11 is 6.34. The van der Waals surface area contributed by atoms with Crippen molar-refractivity contribution in [2.75, 3.05) is 20.8 Å². The Morgan fingerprint density at radius 2 is 1.76 bits per heavy atom. The lowest BCUT2D eigenvalue weighted by atomic mass is 9.99. The van der Waals surface area contributed by atoms with E-state index in [4.69, 9.17) is 25.8 Å². The van der Waals surface area contributed by atoms with E-state index >= 15 is 0 Å². The molecule has 0 aliphatic heterocycles. The number of imidazole rings is 1. The number of ketones is 1. The maximum absolute atomic E-state index is 13.6. The first-order valence-corrected chi connectivity index (χ1v) is 13.8. The molecule has 0 fully saturated rings.